The number of sulfonamides is 1. The standard InChI is InChI=1S/C17H19F3N2O3S/c1-12(2)25-11-14-7-4-3-6-13(14)10-22-26(23,24)16-15(17(18,19)20)8-5-9-21-16/h3-9,12,22H,10-11H2,1-2H3. The summed E-state index contributed by atoms with van der Waals surface area (Å²) in [5, 5.41) is -1.04. The molecular weight excluding hydrogens is 369 g/mol. The van der Waals surface area contributed by atoms with E-state index < -0.39 is 26.8 Å². The number of rotatable bonds is 7. The third kappa shape index (κ3) is 5.26. The molecule has 9 heteroatoms. The summed E-state index contributed by atoms with van der Waals surface area (Å²) in [4.78, 5) is 3.42. The number of ether oxygens (including phenoxy) is 1. The Morgan fingerprint density at radius 3 is 2.38 bits per heavy atom. The lowest BCUT2D eigenvalue weighted by molar-refractivity contribution is -0.140. The van der Waals surface area contributed by atoms with Crippen LogP contribution in [0.3, 0.4) is 0 Å². The number of hydrogen-bond acceptors (Lipinski definition) is 4. The van der Waals surface area contributed by atoms with Crippen molar-refractivity contribution >= 4 is 10.0 Å². The number of nitrogens with one attached hydrogen (secondary N) is 1. The summed E-state index contributed by atoms with van der Waals surface area (Å²) in [5.74, 6) is 0. The third-order valence-corrected chi connectivity index (χ3v) is 4.83. The van der Waals surface area contributed by atoms with E-state index in [1.807, 2.05) is 13.8 Å². The van der Waals surface area contributed by atoms with Gasteiger partial charge < -0.3 is 4.74 Å². The molecule has 0 aliphatic carbocycles. The van der Waals surface area contributed by atoms with Gasteiger partial charge in [0.25, 0.3) is 10.0 Å². The van der Waals surface area contributed by atoms with Crippen LogP contribution >= 0.6 is 0 Å². The van der Waals surface area contributed by atoms with E-state index in [4.69, 9.17) is 4.74 Å². The van der Waals surface area contributed by atoms with Crippen LogP contribution in [0.4, 0.5) is 13.2 Å². The molecule has 0 unspecified atom stereocenters. The summed E-state index contributed by atoms with van der Waals surface area (Å²) in [6, 6.07) is 8.67. The fraction of sp³-hybridized carbons (Fsp3) is 0.353. The zero-order valence-corrected chi connectivity index (χ0v) is 15.1. The minimum Gasteiger partial charge on any atom is -0.374 e. The maximum absolute atomic E-state index is 13.0. The molecule has 0 fully saturated rings. The number of aromatic nitrogens is 1. The second kappa shape index (κ2) is 8.15. The zero-order chi connectivity index (χ0) is 19.4. The second-order valence-corrected chi connectivity index (χ2v) is 7.49. The van der Waals surface area contributed by atoms with E-state index in [1.165, 1.54) is 0 Å². The molecule has 0 aliphatic rings. The van der Waals surface area contributed by atoms with E-state index in [2.05, 4.69) is 9.71 Å². The summed E-state index contributed by atoms with van der Waals surface area (Å²) in [5.41, 5.74) is 0.0612. The average Bonchev–Trinajstić information content (AvgIpc) is 2.58. The molecule has 2 aromatic rings. The summed E-state index contributed by atoms with van der Waals surface area (Å²) in [7, 11) is -4.44. The Morgan fingerprint density at radius 2 is 1.77 bits per heavy atom. The van der Waals surface area contributed by atoms with E-state index in [-0.39, 0.29) is 19.3 Å². The van der Waals surface area contributed by atoms with Gasteiger partial charge in [0.15, 0.2) is 5.03 Å². The van der Waals surface area contributed by atoms with Crippen LogP contribution in [-0.2, 0) is 34.1 Å². The molecule has 0 amide bonds. The zero-order valence-electron chi connectivity index (χ0n) is 14.2. The lowest BCUT2D eigenvalue weighted by Gasteiger charge is -2.15. The van der Waals surface area contributed by atoms with E-state index in [1.54, 1.807) is 24.3 Å². The Balaban J connectivity index is 2.23. The SMILES string of the molecule is CC(C)OCc1ccccc1CNS(=O)(=O)c1ncccc1C(F)(F)F. The summed E-state index contributed by atoms with van der Waals surface area (Å²) in [6.07, 6.45) is -3.82. The van der Waals surface area contributed by atoms with Crippen LogP contribution in [0.25, 0.3) is 0 Å². The topological polar surface area (TPSA) is 68.3 Å². The van der Waals surface area contributed by atoms with Crippen LogP contribution < -0.4 is 4.72 Å². The summed E-state index contributed by atoms with van der Waals surface area (Å²) in [6.45, 7) is 3.83. The average molecular weight is 388 g/mol. The summed E-state index contributed by atoms with van der Waals surface area (Å²) < 4.78 is 71.5. The van der Waals surface area contributed by atoms with Gasteiger partial charge in [0.05, 0.1) is 18.3 Å². The normalized spacial score (nSPS) is 12.5. The van der Waals surface area contributed by atoms with Crippen LogP contribution in [-0.4, -0.2) is 19.5 Å². The van der Waals surface area contributed by atoms with E-state index in [9.17, 15) is 21.6 Å². The van der Waals surface area contributed by atoms with Crippen molar-refractivity contribution in [3.63, 3.8) is 0 Å². The minimum atomic E-state index is -4.82. The Hall–Kier alpha value is -1.97. The Labute approximate surface area is 150 Å². The number of hydrogen-bond donors (Lipinski definition) is 1. The lowest BCUT2D eigenvalue weighted by Crippen LogP contribution is -2.27. The molecule has 0 saturated heterocycles. The van der Waals surface area contributed by atoms with Gasteiger partial charge in [-0.3, -0.25) is 0 Å². The first-order chi connectivity index (χ1) is 12.1. The molecule has 1 aromatic carbocycles. The van der Waals surface area contributed by atoms with Crippen molar-refractivity contribution < 1.29 is 26.3 Å². The predicted octanol–water partition coefficient (Wildman–Crippen LogP) is 3.50. The lowest BCUT2D eigenvalue weighted by atomic mass is 10.1. The molecule has 1 heterocycles. The largest absolute Gasteiger partial charge is 0.419 e. The molecule has 5 nitrogen and oxygen atoms in total. The Morgan fingerprint density at radius 1 is 1.12 bits per heavy atom. The molecule has 142 valence electrons. The molecule has 1 aromatic heterocycles. The highest BCUT2D eigenvalue weighted by atomic mass is 32.2. The smallest absolute Gasteiger partial charge is 0.374 e. The van der Waals surface area contributed by atoms with Gasteiger partial charge in [0.1, 0.15) is 0 Å². The molecule has 1 N–H and O–H groups in total. The number of nitrogens with zero attached hydrogens (tertiary/aromatic N) is 1. The maximum Gasteiger partial charge on any atom is 0.419 e. The van der Waals surface area contributed by atoms with Crippen molar-refractivity contribution in [1.29, 1.82) is 0 Å². The first-order valence-corrected chi connectivity index (χ1v) is 9.30. The summed E-state index contributed by atoms with van der Waals surface area (Å²) >= 11 is 0. The Kier molecular flexibility index (Phi) is 6.38. The maximum atomic E-state index is 13.0. The van der Waals surface area contributed by atoms with Crippen LogP contribution in [0, 0.1) is 0 Å². The minimum absolute atomic E-state index is 0.0115. The second-order valence-electron chi connectivity index (χ2n) is 5.81. The van der Waals surface area contributed by atoms with Gasteiger partial charge in [0.2, 0.25) is 0 Å². The molecule has 0 aliphatic heterocycles. The van der Waals surface area contributed by atoms with Crippen LogP contribution in [0.2, 0.25) is 0 Å². The van der Waals surface area contributed by atoms with Gasteiger partial charge in [-0.1, -0.05) is 24.3 Å². The number of halogens is 3. The molecule has 0 bridgehead atoms. The van der Waals surface area contributed by atoms with Crippen molar-refractivity contribution in [2.75, 3.05) is 0 Å². The molecule has 0 saturated carbocycles. The highest BCUT2D eigenvalue weighted by molar-refractivity contribution is 7.89. The van der Waals surface area contributed by atoms with E-state index in [0.29, 0.717) is 11.6 Å². The fourth-order valence-electron chi connectivity index (χ4n) is 2.19. The van der Waals surface area contributed by atoms with Crippen LogP contribution in [0.15, 0.2) is 47.6 Å². The fourth-order valence-corrected chi connectivity index (χ4v) is 3.34. The van der Waals surface area contributed by atoms with Crippen molar-refractivity contribution in [2.45, 2.75) is 44.3 Å². The van der Waals surface area contributed by atoms with E-state index >= 15 is 0 Å². The van der Waals surface area contributed by atoms with Crippen molar-refractivity contribution in [2.24, 2.45) is 0 Å². The monoisotopic (exact) mass is 388 g/mol. The van der Waals surface area contributed by atoms with Gasteiger partial charge in [0, 0.05) is 12.7 Å². The number of alkyl halides is 3. The Bertz CT molecular complexity index is 852. The highest BCUT2D eigenvalue weighted by Gasteiger charge is 2.38. The van der Waals surface area contributed by atoms with Crippen LogP contribution in [0.5, 0.6) is 0 Å². The molecule has 0 radical (unpaired) electrons. The molecule has 0 atom stereocenters. The van der Waals surface area contributed by atoms with Gasteiger partial charge in [-0.25, -0.2) is 18.1 Å². The van der Waals surface area contributed by atoms with Gasteiger partial charge in [-0.2, -0.15) is 13.2 Å². The van der Waals surface area contributed by atoms with Gasteiger partial charge >= 0.3 is 6.18 Å². The van der Waals surface area contributed by atoms with Crippen LogP contribution in [0.1, 0.15) is 30.5 Å². The quantitative estimate of drug-likeness (QED) is 0.788. The number of benzene rings is 1. The number of pyridine rings is 1. The first kappa shape index (κ1) is 20.3. The van der Waals surface area contributed by atoms with Crippen molar-refractivity contribution in [3.05, 3.63) is 59.3 Å². The van der Waals surface area contributed by atoms with Crippen molar-refractivity contribution in [3.8, 4) is 0 Å². The van der Waals surface area contributed by atoms with Gasteiger partial charge in [-0.15, -0.1) is 0 Å². The first-order valence-electron chi connectivity index (χ1n) is 7.81. The van der Waals surface area contributed by atoms with Gasteiger partial charge in [-0.05, 0) is 37.1 Å². The molecular formula is C17H19F3N2O3S. The molecule has 26 heavy (non-hydrogen) atoms. The third-order valence-electron chi connectivity index (χ3n) is 3.47. The van der Waals surface area contributed by atoms with Crippen molar-refractivity contribution in [1.82, 2.24) is 9.71 Å². The van der Waals surface area contributed by atoms with E-state index in [0.717, 1.165) is 17.8 Å². The predicted molar refractivity (Wildman–Crippen MR) is 89.6 cm³/mol. The highest BCUT2D eigenvalue weighted by Crippen LogP contribution is 2.32. The molecule has 2 rings (SSSR count). The molecule has 0 spiro atoms.